The average molecular weight is 206 g/mol. The first-order valence-electron chi connectivity index (χ1n) is 4.82. The third-order valence-electron chi connectivity index (χ3n) is 2.15. The third kappa shape index (κ3) is 4.32. The lowest BCUT2D eigenvalue weighted by atomic mass is 10.1. The molecule has 0 amide bonds. The highest BCUT2D eigenvalue weighted by Gasteiger charge is 2.25. The number of rotatable bonds is 7. The predicted octanol–water partition coefficient (Wildman–Crippen LogP) is -2.42. The molecule has 14 heavy (non-hydrogen) atoms. The van der Waals surface area contributed by atoms with Crippen molar-refractivity contribution in [1.29, 1.82) is 0 Å². The summed E-state index contributed by atoms with van der Waals surface area (Å²) in [4.78, 5) is 1.65. The molecule has 0 radical (unpaired) electrons. The van der Waals surface area contributed by atoms with Gasteiger partial charge in [-0.15, -0.1) is 0 Å². The van der Waals surface area contributed by atoms with Crippen molar-refractivity contribution in [3.05, 3.63) is 0 Å². The molecule has 8 N–H and O–H groups in total. The minimum absolute atomic E-state index is 0.344. The molecule has 0 aromatic rings. The maximum Gasteiger partial charge on any atom is 0.118 e. The first kappa shape index (κ1) is 13.8. The van der Waals surface area contributed by atoms with Crippen LogP contribution in [0.15, 0.2) is 0 Å². The average Bonchev–Trinajstić information content (AvgIpc) is 2.10. The molecular formula is C8H22N4O2. The second-order valence-electron chi connectivity index (χ2n) is 3.29. The van der Waals surface area contributed by atoms with E-state index in [2.05, 4.69) is 0 Å². The van der Waals surface area contributed by atoms with E-state index in [4.69, 9.17) is 17.2 Å². The first-order valence-corrected chi connectivity index (χ1v) is 4.82. The zero-order valence-electron chi connectivity index (χ0n) is 8.63. The number of hydrogen-bond acceptors (Lipinski definition) is 6. The van der Waals surface area contributed by atoms with Crippen molar-refractivity contribution in [3.8, 4) is 0 Å². The smallest absolute Gasteiger partial charge is 0.118 e. The van der Waals surface area contributed by atoms with Gasteiger partial charge in [-0.05, 0) is 19.9 Å². The van der Waals surface area contributed by atoms with Crippen molar-refractivity contribution in [1.82, 2.24) is 4.90 Å². The molecule has 0 saturated carbocycles. The minimum Gasteiger partial charge on any atom is -0.379 e. The summed E-state index contributed by atoms with van der Waals surface area (Å²) in [5.41, 5.74) is 16.2. The number of nitrogens with two attached hydrogens (primary N) is 3. The van der Waals surface area contributed by atoms with Gasteiger partial charge in [0.2, 0.25) is 0 Å². The number of aliphatic hydroxyl groups is 2. The molecular weight excluding hydrogens is 184 g/mol. The van der Waals surface area contributed by atoms with Gasteiger partial charge in [-0.3, -0.25) is 4.90 Å². The van der Waals surface area contributed by atoms with Crippen molar-refractivity contribution in [2.75, 3.05) is 19.6 Å². The van der Waals surface area contributed by atoms with E-state index in [0.717, 1.165) is 0 Å². The Hall–Kier alpha value is -0.240. The topological polar surface area (TPSA) is 122 Å². The number of nitrogens with zero attached hydrogens (tertiary/aromatic N) is 1. The second kappa shape index (κ2) is 7.10. The molecule has 0 aliphatic carbocycles. The molecule has 6 heteroatoms. The molecule has 6 nitrogen and oxygen atoms in total. The zero-order chi connectivity index (χ0) is 11.1. The highest BCUT2D eigenvalue weighted by Crippen LogP contribution is 2.08. The van der Waals surface area contributed by atoms with Crippen LogP contribution in [0.1, 0.15) is 13.3 Å². The highest BCUT2D eigenvalue weighted by molar-refractivity contribution is 4.77. The van der Waals surface area contributed by atoms with Gasteiger partial charge in [-0.2, -0.15) is 0 Å². The van der Waals surface area contributed by atoms with Crippen LogP contribution in [0.2, 0.25) is 0 Å². The first-order chi connectivity index (χ1) is 6.54. The van der Waals surface area contributed by atoms with Gasteiger partial charge in [0.25, 0.3) is 0 Å². The van der Waals surface area contributed by atoms with E-state index in [9.17, 15) is 10.2 Å². The van der Waals surface area contributed by atoms with Crippen molar-refractivity contribution >= 4 is 0 Å². The van der Waals surface area contributed by atoms with E-state index < -0.39 is 12.5 Å². The summed E-state index contributed by atoms with van der Waals surface area (Å²) in [5, 5.41) is 18.8. The van der Waals surface area contributed by atoms with Gasteiger partial charge in [0, 0.05) is 13.1 Å². The van der Waals surface area contributed by atoms with E-state index >= 15 is 0 Å². The summed E-state index contributed by atoms with van der Waals surface area (Å²) in [7, 11) is 0. The van der Waals surface area contributed by atoms with Crippen LogP contribution >= 0.6 is 0 Å². The van der Waals surface area contributed by atoms with Gasteiger partial charge in [0.15, 0.2) is 0 Å². The zero-order valence-corrected chi connectivity index (χ0v) is 8.63. The summed E-state index contributed by atoms with van der Waals surface area (Å²) < 4.78 is 0. The SMILES string of the molecule is CC(O)N(CCN)C(CCN)C(N)O. The van der Waals surface area contributed by atoms with Crippen molar-refractivity contribution in [3.63, 3.8) is 0 Å². The second-order valence-corrected chi connectivity index (χ2v) is 3.29. The molecule has 0 aliphatic rings. The van der Waals surface area contributed by atoms with Gasteiger partial charge >= 0.3 is 0 Å². The van der Waals surface area contributed by atoms with Crippen LogP contribution in [0, 0.1) is 0 Å². The molecule has 0 saturated heterocycles. The molecule has 0 rings (SSSR count). The molecule has 86 valence electrons. The molecule has 0 aliphatic heterocycles. The summed E-state index contributed by atoms with van der Waals surface area (Å²) in [6.45, 7) is 2.91. The van der Waals surface area contributed by atoms with Crippen LogP contribution in [0.4, 0.5) is 0 Å². The van der Waals surface area contributed by atoms with E-state index in [1.807, 2.05) is 0 Å². The molecule has 0 heterocycles. The van der Waals surface area contributed by atoms with Crippen molar-refractivity contribution in [2.24, 2.45) is 17.2 Å². The highest BCUT2D eigenvalue weighted by atomic mass is 16.3. The quantitative estimate of drug-likeness (QED) is 0.295. The molecule has 0 fully saturated rings. The summed E-state index contributed by atoms with van der Waals surface area (Å²) >= 11 is 0. The Morgan fingerprint density at radius 1 is 1.21 bits per heavy atom. The third-order valence-corrected chi connectivity index (χ3v) is 2.15. The lowest BCUT2D eigenvalue weighted by Crippen LogP contribution is -2.53. The summed E-state index contributed by atoms with van der Waals surface area (Å²) in [6, 6.07) is -0.344. The molecule has 0 aromatic carbocycles. The Kier molecular flexibility index (Phi) is 6.98. The van der Waals surface area contributed by atoms with Crippen molar-refractivity contribution in [2.45, 2.75) is 31.8 Å². The van der Waals surface area contributed by atoms with Gasteiger partial charge in [0.05, 0.1) is 6.04 Å². The maximum absolute atomic E-state index is 9.45. The molecule has 0 bridgehead atoms. The molecule has 3 unspecified atom stereocenters. The van der Waals surface area contributed by atoms with Crippen LogP contribution in [0.5, 0.6) is 0 Å². The van der Waals surface area contributed by atoms with E-state index in [1.165, 1.54) is 0 Å². The lowest BCUT2D eigenvalue weighted by molar-refractivity contribution is -0.0513. The van der Waals surface area contributed by atoms with Crippen LogP contribution in [-0.4, -0.2) is 53.2 Å². The van der Waals surface area contributed by atoms with Crippen molar-refractivity contribution < 1.29 is 10.2 Å². The van der Waals surface area contributed by atoms with Crippen LogP contribution in [0.3, 0.4) is 0 Å². The largest absolute Gasteiger partial charge is 0.379 e. The van der Waals surface area contributed by atoms with E-state index in [-0.39, 0.29) is 6.04 Å². The lowest BCUT2D eigenvalue weighted by Gasteiger charge is -2.35. The Labute approximate surface area is 84.7 Å². The summed E-state index contributed by atoms with van der Waals surface area (Å²) in [6.07, 6.45) is -1.17. The van der Waals surface area contributed by atoms with Gasteiger partial charge in [-0.25, -0.2) is 0 Å². The van der Waals surface area contributed by atoms with Gasteiger partial charge in [0.1, 0.15) is 12.5 Å². The van der Waals surface area contributed by atoms with E-state index in [0.29, 0.717) is 26.1 Å². The normalized spacial score (nSPS) is 18.2. The molecule has 3 atom stereocenters. The van der Waals surface area contributed by atoms with Crippen LogP contribution in [-0.2, 0) is 0 Å². The fraction of sp³-hybridized carbons (Fsp3) is 1.00. The monoisotopic (exact) mass is 206 g/mol. The fourth-order valence-electron chi connectivity index (χ4n) is 1.48. The van der Waals surface area contributed by atoms with Gasteiger partial charge in [-0.1, -0.05) is 0 Å². The Balaban J connectivity index is 4.37. The minimum atomic E-state index is -1.01. The maximum atomic E-state index is 9.45. The predicted molar refractivity (Wildman–Crippen MR) is 55.1 cm³/mol. The van der Waals surface area contributed by atoms with E-state index in [1.54, 1.807) is 11.8 Å². The van der Waals surface area contributed by atoms with Crippen LogP contribution in [0.25, 0.3) is 0 Å². The fourth-order valence-corrected chi connectivity index (χ4v) is 1.48. The van der Waals surface area contributed by atoms with Gasteiger partial charge < -0.3 is 27.4 Å². The Bertz CT molecular complexity index is 127. The number of hydrogen-bond donors (Lipinski definition) is 5. The summed E-state index contributed by atoms with van der Waals surface area (Å²) in [5.74, 6) is 0. The number of aliphatic hydroxyl groups excluding tert-OH is 2. The standard InChI is InChI=1S/C8H22N4O2/c1-6(13)12(5-4-10)7(2-3-9)8(11)14/h6-8,13-14H,2-5,9-11H2,1H3. The molecule has 0 spiro atoms. The Morgan fingerprint density at radius 3 is 2.07 bits per heavy atom. The van der Waals surface area contributed by atoms with Crippen LogP contribution < -0.4 is 17.2 Å². The Morgan fingerprint density at radius 2 is 1.79 bits per heavy atom. The molecule has 0 aromatic heterocycles.